The number of benzene rings is 1. The van der Waals surface area contributed by atoms with Crippen LogP contribution in [0.3, 0.4) is 0 Å². The Morgan fingerprint density at radius 1 is 1.44 bits per heavy atom. The second-order valence-corrected chi connectivity index (χ2v) is 7.14. The average molecular weight is 347 g/mol. The van der Waals surface area contributed by atoms with E-state index in [2.05, 4.69) is 9.93 Å². The first-order chi connectivity index (χ1) is 8.69. The number of hydrogen-bond donors (Lipinski definition) is 0. The summed E-state index contributed by atoms with van der Waals surface area (Å²) in [6.07, 6.45) is -0.507. The molecule has 0 unspecified atom stereocenters. The van der Waals surface area contributed by atoms with Crippen LogP contribution in [-0.2, 0) is 4.74 Å². The van der Waals surface area contributed by atoms with Crippen molar-refractivity contribution < 1.29 is 9.53 Å². The average Bonchev–Trinajstić information content (AvgIpc) is 2.78. The molecule has 94 valence electrons. The minimum absolute atomic E-state index is 0.104. The van der Waals surface area contributed by atoms with E-state index in [1.807, 2.05) is 24.3 Å². The molecule has 0 saturated carbocycles. The number of carbonyl (C=O) groups excluding carboxylic acids is 1. The molecule has 0 aliphatic heterocycles. The Hall–Kier alpha value is -0.871. The molecule has 0 bridgehead atoms. The van der Waals surface area contributed by atoms with E-state index in [9.17, 15) is 4.79 Å². The quantitative estimate of drug-likeness (QED) is 0.783. The van der Waals surface area contributed by atoms with Gasteiger partial charge in [0.15, 0.2) is 0 Å². The van der Waals surface area contributed by atoms with E-state index in [4.69, 9.17) is 16.3 Å². The number of hydrogen-bond acceptors (Lipinski definition) is 3. The molecule has 1 heterocycles. The summed E-state index contributed by atoms with van der Waals surface area (Å²) in [6.45, 7) is 2.12. The van der Waals surface area contributed by atoms with Gasteiger partial charge in [-0.05, 0) is 0 Å². The molecule has 0 N–H and O–H groups in total. The van der Waals surface area contributed by atoms with Crippen molar-refractivity contribution in [3.8, 4) is 10.4 Å². The number of halogens is 1. The molecule has 2 rings (SSSR count). The van der Waals surface area contributed by atoms with Gasteiger partial charge in [0.1, 0.15) is 0 Å². The van der Waals surface area contributed by atoms with E-state index in [0.717, 1.165) is 14.0 Å². The maximum atomic E-state index is 11.2. The predicted molar refractivity (Wildman–Crippen MR) is 74.3 cm³/mol. The first-order valence-electron chi connectivity index (χ1n) is 5.25. The van der Waals surface area contributed by atoms with E-state index in [-0.39, 0.29) is 14.5 Å². The Labute approximate surface area is 119 Å². The van der Waals surface area contributed by atoms with Crippen molar-refractivity contribution in [2.24, 2.45) is 4.99 Å². The minimum atomic E-state index is -0.507. The van der Waals surface area contributed by atoms with E-state index in [1.165, 1.54) is 11.3 Å². The summed E-state index contributed by atoms with van der Waals surface area (Å²) in [7, 11) is 0. The first-order valence-corrected chi connectivity index (χ1v) is 8.29. The van der Waals surface area contributed by atoms with Crippen LogP contribution in [0.2, 0.25) is 5.02 Å². The summed E-state index contributed by atoms with van der Waals surface area (Å²) in [5, 5.41) is 0.716. The molecule has 1 aromatic carbocycles. The summed E-state index contributed by atoms with van der Waals surface area (Å²) in [5.74, 6) is 0. The molecule has 0 fully saturated rings. The SMILES string of the molecule is CCOC(=O)/N=c1/sc(-c2ccc(Cl)cc2)c[se]1. The monoisotopic (exact) mass is 347 g/mol. The molecule has 0 aliphatic carbocycles. The number of amides is 1. The molecule has 0 atom stereocenters. The number of nitrogens with zero attached hydrogens (tertiary/aromatic N) is 1. The normalized spacial score (nSPS) is 11.6. The molecule has 1 aromatic heterocycles. The van der Waals surface area contributed by atoms with Gasteiger partial charge in [-0.1, -0.05) is 0 Å². The summed E-state index contributed by atoms with van der Waals surface area (Å²) in [4.78, 5) is 18.4. The third-order valence-corrected chi connectivity index (χ3v) is 5.85. The van der Waals surface area contributed by atoms with Crippen LogP contribution in [0.5, 0.6) is 0 Å². The maximum absolute atomic E-state index is 11.2. The molecule has 0 spiro atoms. The van der Waals surface area contributed by atoms with Gasteiger partial charge >= 0.3 is 120 Å². The van der Waals surface area contributed by atoms with Gasteiger partial charge in [0, 0.05) is 0 Å². The fourth-order valence-electron chi connectivity index (χ4n) is 1.27. The molecule has 0 saturated heterocycles. The van der Waals surface area contributed by atoms with Gasteiger partial charge in [-0.25, -0.2) is 0 Å². The molecule has 6 heteroatoms. The van der Waals surface area contributed by atoms with Crippen molar-refractivity contribution in [2.75, 3.05) is 6.61 Å². The molecular formula is C12H10ClNO2SSe. The zero-order valence-corrected chi connectivity index (χ0v) is 12.8. The Kier molecular flexibility index (Phi) is 4.78. The van der Waals surface area contributed by atoms with Crippen LogP contribution in [0.15, 0.2) is 34.2 Å². The summed E-state index contributed by atoms with van der Waals surface area (Å²) < 4.78 is 5.62. The van der Waals surface area contributed by atoms with Gasteiger partial charge in [0.2, 0.25) is 0 Å². The number of carbonyl (C=O) groups is 1. The molecule has 0 radical (unpaired) electrons. The Morgan fingerprint density at radius 2 is 2.17 bits per heavy atom. The fourth-order valence-corrected chi connectivity index (χ4v) is 4.71. The van der Waals surface area contributed by atoms with Crippen molar-refractivity contribution >= 4 is 43.5 Å². The van der Waals surface area contributed by atoms with Gasteiger partial charge < -0.3 is 0 Å². The molecule has 18 heavy (non-hydrogen) atoms. The molecule has 1 amide bonds. The van der Waals surface area contributed by atoms with E-state index in [1.54, 1.807) is 6.92 Å². The van der Waals surface area contributed by atoms with Crippen LogP contribution < -0.4 is 3.54 Å². The molecule has 2 aromatic rings. The molecular weight excluding hydrogens is 337 g/mol. The van der Waals surface area contributed by atoms with Crippen LogP contribution in [-0.4, -0.2) is 27.2 Å². The van der Waals surface area contributed by atoms with Crippen LogP contribution in [0.1, 0.15) is 6.92 Å². The summed E-state index contributed by atoms with van der Waals surface area (Å²) in [5.41, 5.74) is 1.10. The number of ether oxygens (including phenoxy) is 1. The van der Waals surface area contributed by atoms with Gasteiger partial charge in [-0.3, -0.25) is 0 Å². The third kappa shape index (κ3) is 3.56. The number of rotatable bonds is 2. The predicted octanol–water partition coefficient (Wildman–Crippen LogP) is 3.18. The second kappa shape index (κ2) is 6.34. The third-order valence-electron chi connectivity index (χ3n) is 2.04. The van der Waals surface area contributed by atoms with E-state index >= 15 is 0 Å². The van der Waals surface area contributed by atoms with Gasteiger partial charge in [0.05, 0.1) is 0 Å². The van der Waals surface area contributed by atoms with Crippen molar-refractivity contribution in [1.29, 1.82) is 0 Å². The van der Waals surface area contributed by atoms with Crippen molar-refractivity contribution in [2.45, 2.75) is 6.92 Å². The Balaban J connectivity index is 2.25. The topological polar surface area (TPSA) is 38.7 Å². The summed E-state index contributed by atoms with van der Waals surface area (Å²) >= 11 is 7.47. The first kappa shape index (κ1) is 13.6. The zero-order valence-electron chi connectivity index (χ0n) is 9.55. The van der Waals surface area contributed by atoms with Crippen LogP contribution in [0, 0.1) is 0 Å². The van der Waals surface area contributed by atoms with Gasteiger partial charge in [0.25, 0.3) is 0 Å². The van der Waals surface area contributed by atoms with Crippen LogP contribution >= 0.6 is 22.9 Å². The van der Waals surface area contributed by atoms with Crippen molar-refractivity contribution in [1.82, 2.24) is 0 Å². The fraction of sp³-hybridized carbons (Fsp3) is 0.167. The van der Waals surface area contributed by atoms with Crippen LogP contribution in [0.25, 0.3) is 10.4 Å². The Bertz CT molecular complexity index is 603. The van der Waals surface area contributed by atoms with E-state index < -0.39 is 6.09 Å². The van der Waals surface area contributed by atoms with Crippen molar-refractivity contribution in [3.63, 3.8) is 0 Å². The molecule has 0 aliphatic rings. The van der Waals surface area contributed by atoms with Crippen molar-refractivity contribution in [3.05, 3.63) is 37.8 Å². The Morgan fingerprint density at radius 3 is 2.83 bits per heavy atom. The summed E-state index contributed by atoms with van der Waals surface area (Å²) in [6, 6.07) is 7.63. The van der Waals surface area contributed by atoms with Crippen LogP contribution in [0.4, 0.5) is 4.79 Å². The van der Waals surface area contributed by atoms with Gasteiger partial charge in [-0.15, -0.1) is 0 Å². The second-order valence-electron chi connectivity index (χ2n) is 3.29. The zero-order chi connectivity index (χ0) is 13.0. The van der Waals surface area contributed by atoms with Gasteiger partial charge in [-0.2, -0.15) is 0 Å². The standard InChI is InChI=1S/C12H10ClNO2SSe/c1-2-16-11(15)14-12-17-10(7-18-12)8-3-5-9(13)6-4-8/h3-7H,2H2,1H3/b14-12-. The van der Waals surface area contributed by atoms with E-state index in [0.29, 0.717) is 11.6 Å². The molecule has 3 nitrogen and oxygen atoms in total.